The molecule has 26 heavy (non-hydrogen) atoms. The van der Waals surface area contributed by atoms with Gasteiger partial charge in [-0.1, -0.05) is 30.3 Å². The molecule has 0 fully saturated rings. The number of benzene rings is 1. The lowest BCUT2D eigenvalue weighted by atomic mass is 10.1. The number of nitrogens with two attached hydrogens (primary N) is 1. The van der Waals surface area contributed by atoms with Gasteiger partial charge in [0.25, 0.3) is 5.91 Å². The summed E-state index contributed by atoms with van der Waals surface area (Å²) in [6.45, 7) is 6.76. The Morgan fingerprint density at radius 2 is 1.77 bits per heavy atom. The van der Waals surface area contributed by atoms with Gasteiger partial charge in [-0.15, -0.1) is 0 Å². The van der Waals surface area contributed by atoms with Gasteiger partial charge in [-0.3, -0.25) is 10.1 Å². The Morgan fingerprint density at radius 1 is 1.19 bits per heavy atom. The molecule has 0 unspecified atom stereocenters. The van der Waals surface area contributed by atoms with E-state index in [0.717, 1.165) is 5.56 Å². The van der Waals surface area contributed by atoms with Crippen LogP contribution in [0.5, 0.6) is 0 Å². The fourth-order valence-corrected chi connectivity index (χ4v) is 2.16. The summed E-state index contributed by atoms with van der Waals surface area (Å²) in [5, 5.41) is 2.29. The summed E-state index contributed by atoms with van der Waals surface area (Å²) in [5.41, 5.74) is 5.90. The first-order valence-corrected chi connectivity index (χ1v) is 8.22. The SMILES string of the molecule is COC(=O)[C@@H](C)N(Cc1ccccc1)C(=O)[C@H](N)NC(=O)OC(C)(C)C. The van der Waals surface area contributed by atoms with Crippen LogP contribution >= 0.6 is 0 Å². The van der Waals surface area contributed by atoms with E-state index < -0.39 is 35.8 Å². The third-order valence-corrected chi connectivity index (χ3v) is 3.43. The normalized spacial score (nSPS) is 13.3. The van der Waals surface area contributed by atoms with Crippen molar-refractivity contribution in [1.29, 1.82) is 0 Å². The molecule has 0 spiro atoms. The van der Waals surface area contributed by atoms with Gasteiger partial charge in [0, 0.05) is 6.54 Å². The lowest BCUT2D eigenvalue weighted by Gasteiger charge is -2.30. The van der Waals surface area contributed by atoms with Crippen LogP contribution in [0.4, 0.5) is 4.79 Å². The molecule has 2 atom stereocenters. The van der Waals surface area contributed by atoms with Crippen molar-refractivity contribution in [2.24, 2.45) is 5.73 Å². The van der Waals surface area contributed by atoms with Crippen molar-refractivity contribution >= 4 is 18.0 Å². The maximum Gasteiger partial charge on any atom is 0.409 e. The topological polar surface area (TPSA) is 111 Å². The molecule has 1 aromatic rings. The van der Waals surface area contributed by atoms with Gasteiger partial charge in [0.2, 0.25) is 0 Å². The maximum absolute atomic E-state index is 12.7. The van der Waals surface area contributed by atoms with E-state index in [2.05, 4.69) is 5.32 Å². The van der Waals surface area contributed by atoms with Crippen LogP contribution in [0.25, 0.3) is 0 Å². The van der Waals surface area contributed by atoms with E-state index in [9.17, 15) is 14.4 Å². The quantitative estimate of drug-likeness (QED) is 0.582. The molecule has 0 aromatic heterocycles. The molecule has 0 heterocycles. The van der Waals surface area contributed by atoms with Crippen LogP contribution in [0.15, 0.2) is 30.3 Å². The van der Waals surface area contributed by atoms with Crippen LogP contribution in [0, 0.1) is 0 Å². The highest BCUT2D eigenvalue weighted by atomic mass is 16.6. The monoisotopic (exact) mass is 365 g/mol. The minimum absolute atomic E-state index is 0.139. The number of nitrogens with zero attached hydrogens (tertiary/aromatic N) is 1. The lowest BCUT2D eigenvalue weighted by molar-refractivity contribution is -0.153. The molecular formula is C18H27N3O5. The number of amides is 2. The summed E-state index contributed by atoms with van der Waals surface area (Å²) in [4.78, 5) is 37.7. The molecule has 1 rings (SSSR count). The molecule has 0 radical (unpaired) electrons. The molecule has 2 amide bonds. The highest BCUT2D eigenvalue weighted by Gasteiger charge is 2.31. The second-order valence-electron chi connectivity index (χ2n) is 6.77. The van der Waals surface area contributed by atoms with Crippen LogP contribution in [-0.2, 0) is 25.6 Å². The van der Waals surface area contributed by atoms with Gasteiger partial charge >= 0.3 is 12.1 Å². The van der Waals surface area contributed by atoms with Crippen molar-refractivity contribution in [3.05, 3.63) is 35.9 Å². The number of hydrogen-bond acceptors (Lipinski definition) is 6. The lowest BCUT2D eigenvalue weighted by Crippen LogP contribution is -2.57. The third-order valence-electron chi connectivity index (χ3n) is 3.43. The second-order valence-corrected chi connectivity index (χ2v) is 6.77. The number of esters is 1. The van der Waals surface area contributed by atoms with E-state index in [1.807, 2.05) is 30.3 Å². The van der Waals surface area contributed by atoms with Gasteiger partial charge in [-0.2, -0.15) is 0 Å². The van der Waals surface area contributed by atoms with Crippen LogP contribution in [0.2, 0.25) is 0 Å². The van der Waals surface area contributed by atoms with Crippen molar-refractivity contribution in [3.8, 4) is 0 Å². The maximum atomic E-state index is 12.7. The summed E-state index contributed by atoms with van der Waals surface area (Å²) >= 11 is 0. The van der Waals surface area contributed by atoms with E-state index >= 15 is 0 Å². The largest absolute Gasteiger partial charge is 0.467 e. The molecule has 1 aromatic carbocycles. The minimum Gasteiger partial charge on any atom is -0.467 e. The van der Waals surface area contributed by atoms with Gasteiger partial charge in [-0.25, -0.2) is 9.59 Å². The molecule has 144 valence electrons. The Balaban J connectivity index is 2.92. The number of carbonyl (C=O) groups is 3. The van der Waals surface area contributed by atoms with Crippen LogP contribution < -0.4 is 11.1 Å². The van der Waals surface area contributed by atoms with Crippen molar-refractivity contribution in [2.75, 3.05) is 7.11 Å². The Bertz CT molecular complexity index is 627. The Morgan fingerprint density at radius 3 is 2.27 bits per heavy atom. The van der Waals surface area contributed by atoms with Crippen LogP contribution in [-0.4, -0.2) is 47.8 Å². The average molecular weight is 365 g/mol. The number of methoxy groups -OCH3 is 1. The van der Waals surface area contributed by atoms with Crippen molar-refractivity contribution in [2.45, 2.75) is 52.0 Å². The number of rotatable bonds is 6. The molecule has 0 aliphatic heterocycles. The minimum atomic E-state index is -1.36. The molecule has 0 aliphatic rings. The third kappa shape index (κ3) is 6.72. The van der Waals surface area contributed by atoms with Crippen LogP contribution in [0.1, 0.15) is 33.3 Å². The van der Waals surface area contributed by atoms with Crippen molar-refractivity contribution < 1.29 is 23.9 Å². The van der Waals surface area contributed by atoms with Gasteiger partial charge < -0.3 is 20.1 Å². The molecule has 8 nitrogen and oxygen atoms in total. The summed E-state index contributed by atoms with van der Waals surface area (Å²) in [7, 11) is 1.24. The van der Waals surface area contributed by atoms with E-state index in [-0.39, 0.29) is 6.54 Å². The van der Waals surface area contributed by atoms with Gasteiger partial charge in [0.1, 0.15) is 11.6 Å². The summed E-state index contributed by atoms with van der Waals surface area (Å²) in [6, 6.07) is 8.24. The number of alkyl carbamates (subject to hydrolysis) is 1. The average Bonchev–Trinajstić information content (AvgIpc) is 2.56. The van der Waals surface area contributed by atoms with E-state index in [1.54, 1.807) is 20.8 Å². The Labute approximate surface area is 153 Å². The molecule has 0 aliphatic carbocycles. The van der Waals surface area contributed by atoms with Gasteiger partial charge in [-0.05, 0) is 33.3 Å². The predicted molar refractivity (Wildman–Crippen MR) is 95.8 cm³/mol. The van der Waals surface area contributed by atoms with E-state index in [0.29, 0.717) is 0 Å². The molecule has 0 saturated heterocycles. The standard InChI is InChI=1S/C18H27N3O5/c1-12(16(23)25-5)21(11-13-9-7-6-8-10-13)15(22)14(19)20-17(24)26-18(2,3)4/h6-10,12,14H,11,19H2,1-5H3,(H,20,24)/t12-,14-/m1/s1. The Hall–Kier alpha value is -2.61. The highest BCUT2D eigenvalue weighted by molar-refractivity contribution is 5.89. The zero-order valence-electron chi connectivity index (χ0n) is 15.8. The highest BCUT2D eigenvalue weighted by Crippen LogP contribution is 2.12. The molecule has 8 heteroatoms. The van der Waals surface area contributed by atoms with Crippen LogP contribution in [0.3, 0.4) is 0 Å². The van der Waals surface area contributed by atoms with Crippen molar-refractivity contribution in [1.82, 2.24) is 10.2 Å². The first-order chi connectivity index (χ1) is 12.0. The molecular weight excluding hydrogens is 338 g/mol. The zero-order valence-corrected chi connectivity index (χ0v) is 15.8. The van der Waals surface area contributed by atoms with E-state index in [1.165, 1.54) is 18.9 Å². The molecule has 0 saturated carbocycles. The molecule has 0 bridgehead atoms. The predicted octanol–water partition coefficient (Wildman–Crippen LogP) is 1.39. The summed E-state index contributed by atoms with van der Waals surface area (Å²) < 4.78 is 9.82. The second kappa shape index (κ2) is 9.19. The number of hydrogen-bond donors (Lipinski definition) is 2. The number of ether oxygens (including phenoxy) is 2. The number of nitrogens with one attached hydrogen (secondary N) is 1. The summed E-state index contributed by atoms with van der Waals surface area (Å²) in [5.74, 6) is -1.21. The van der Waals surface area contributed by atoms with Crippen molar-refractivity contribution in [3.63, 3.8) is 0 Å². The van der Waals surface area contributed by atoms with Gasteiger partial charge in [0.15, 0.2) is 6.17 Å². The fraction of sp³-hybridized carbons (Fsp3) is 0.500. The smallest absolute Gasteiger partial charge is 0.409 e. The molecule has 3 N–H and O–H groups in total. The summed E-state index contributed by atoms with van der Waals surface area (Å²) in [6.07, 6.45) is -2.18. The zero-order chi connectivity index (χ0) is 19.9. The number of carbonyl (C=O) groups excluding carboxylic acids is 3. The first kappa shape index (κ1) is 21.4. The van der Waals surface area contributed by atoms with E-state index in [4.69, 9.17) is 15.2 Å². The fourth-order valence-electron chi connectivity index (χ4n) is 2.16. The first-order valence-electron chi connectivity index (χ1n) is 8.22. The van der Waals surface area contributed by atoms with Gasteiger partial charge in [0.05, 0.1) is 7.11 Å². The Kier molecular flexibility index (Phi) is 7.57.